The molecule has 0 unspecified atom stereocenters. The van der Waals surface area contributed by atoms with E-state index in [2.05, 4.69) is 15.2 Å². The summed E-state index contributed by atoms with van der Waals surface area (Å²) in [7, 11) is 1.59. The zero-order chi connectivity index (χ0) is 23.1. The number of Topliss-reactive ketones (excluding diaryl/α,β-unsaturated/α-hetero) is 1. The van der Waals surface area contributed by atoms with Crippen LogP contribution in [-0.2, 0) is 0 Å². The first-order valence-electron chi connectivity index (χ1n) is 10.3. The van der Waals surface area contributed by atoms with Gasteiger partial charge < -0.3 is 9.72 Å². The largest absolute Gasteiger partial charge is 0.497 e. The van der Waals surface area contributed by atoms with E-state index in [0.717, 1.165) is 27.7 Å². The molecule has 0 fully saturated rings. The number of hydrogen-bond donors (Lipinski definition) is 1. The van der Waals surface area contributed by atoms with Crippen molar-refractivity contribution in [3.05, 3.63) is 82.0 Å². The van der Waals surface area contributed by atoms with Gasteiger partial charge in [-0.3, -0.25) is 18.6 Å². The Morgan fingerprint density at radius 3 is 2.73 bits per heavy atom. The summed E-state index contributed by atoms with van der Waals surface area (Å²) in [4.78, 5) is 29.0. The average Bonchev–Trinajstić information content (AvgIpc) is 3.44. The summed E-state index contributed by atoms with van der Waals surface area (Å²) in [5, 5.41) is 9.52. The number of carbonyl (C=O) groups excluding carboxylic acids is 1. The molecule has 0 saturated carbocycles. The van der Waals surface area contributed by atoms with Crippen LogP contribution in [0.5, 0.6) is 5.75 Å². The Kier molecular flexibility index (Phi) is 5.26. The van der Waals surface area contributed by atoms with Crippen molar-refractivity contribution in [1.82, 2.24) is 24.1 Å². The Morgan fingerprint density at radius 2 is 1.94 bits per heavy atom. The van der Waals surface area contributed by atoms with E-state index in [0.29, 0.717) is 16.5 Å². The molecule has 5 aromatic rings. The molecule has 9 heteroatoms. The van der Waals surface area contributed by atoms with Crippen LogP contribution in [0.15, 0.2) is 64.9 Å². The van der Waals surface area contributed by atoms with Crippen molar-refractivity contribution in [2.45, 2.75) is 19.0 Å². The maximum absolute atomic E-state index is 13.0. The van der Waals surface area contributed by atoms with E-state index >= 15 is 0 Å². The Hall–Kier alpha value is -3.85. The van der Waals surface area contributed by atoms with Crippen LogP contribution in [0.2, 0.25) is 0 Å². The highest BCUT2D eigenvalue weighted by Crippen LogP contribution is 2.26. The molecule has 0 aliphatic heterocycles. The predicted octanol–water partition coefficient (Wildman–Crippen LogP) is 3.96. The quantitative estimate of drug-likeness (QED) is 0.305. The Morgan fingerprint density at radius 1 is 1.09 bits per heavy atom. The normalized spacial score (nSPS) is 11.4. The van der Waals surface area contributed by atoms with E-state index < -0.39 is 0 Å². The number of ether oxygens (including phenoxy) is 1. The second-order valence-corrected chi connectivity index (χ2v) is 8.69. The Bertz CT molecular complexity index is 1580. The molecule has 0 saturated heterocycles. The molecule has 0 radical (unpaired) electrons. The van der Waals surface area contributed by atoms with Gasteiger partial charge in [-0.1, -0.05) is 17.8 Å². The van der Waals surface area contributed by atoms with Crippen molar-refractivity contribution in [2.75, 3.05) is 12.9 Å². The van der Waals surface area contributed by atoms with Crippen LogP contribution in [-0.4, -0.2) is 42.8 Å². The fourth-order valence-electron chi connectivity index (χ4n) is 3.71. The fraction of sp³-hybridized carbons (Fsp3) is 0.167. The van der Waals surface area contributed by atoms with Gasteiger partial charge >= 0.3 is 5.56 Å². The second-order valence-electron chi connectivity index (χ2n) is 7.74. The number of carbonyl (C=O) groups is 1. The van der Waals surface area contributed by atoms with Gasteiger partial charge in [0, 0.05) is 40.7 Å². The number of methoxy groups -OCH3 is 1. The number of aromatic nitrogens is 5. The summed E-state index contributed by atoms with van der Waals surface area (Å²) >= 11 is 1.24. The average molecular weight is 460 g/mol. The number of hydrogen-bond acceptors (Lipinski definition) is 6. The van der Waals surface area contributed by atoms with Crippen LogP contribution in [0.1, 0.15) is 21.5 Å². The van der Waals surface area contributed by atoms with Crippen molar-refractivity contribution >= 4 is 34.1 Å². The molecular weight excluding hydrogens is 438 g/mol. The van der Waals surface area contributed by atoms with Crippen molar-refractivity contribution in [3.8, 4) is 11.4 Å². The van der Waals surface area contributed by atoms with Gasteiger partial charge in [-0.25, -0.2) is 0 Å². The van der Waals surface area contributed by atoms with Crippen molar-refractivity contribution < 1.29 is 9.53 Å². The lowest BCUT2D eigenvalue weighted by atomic mass is 10.1. The molecule has 1 N–H and O–H groups in total. The molecule has 0 spiro atoms. The Labute approximate surface area is 193 Å². The monoisotopic (exact) mass is 459 g/mol. The molecule has 0 atom stereocenters. The number of aromatic amines is 1. The van der Waals surface area contributed by atoms with Crippen molar-refractivity contribution in [2.24, 2.45) is 0 Å². The molecule has 3 aromatic heterocycles. The van der Waals surface area contributed by atoms with Crippen LogP contribution in [0.25, 0.3) is 22.2 Å². The molecule has 166 valence electrons. The first kappa shape index (κ1) is 21.0. The van der Waals surface area contributed by atoms with Gasteiger partial charge in [0.15, 0.2) is 10.9 Å². The smallest absolute Gasteiger partial charge is 0.300 e. The van der Waals surface area contributed by atoms with E-state index in [1.807, 2.05) is 50.2 Å². The minimum absolute atomic E-state index is 0.0558. The minimum atomic E-state index is -0.268. The summed E-state index contributed by atoms with van der Waals surface area (Å²) in [5.41, 5.74) is 4.43. The lowest BCUT2D eigenvalue weighted by Gasteiger charge is -2.08. The van der Waals surface area contributed by atoms with Gasteiger partial charge in [0.1, 0.15) is 5.75 Å². The summed E-state index contributed by atoms with van der Waals surface area (Å²) in [5.74, 6) is 0.789. The van der Waals surface area contributed by atoms with E-state index in [1.165, 1.54) is 11.8 Å². The summed E-state index contributed by atoms with van der Waals surface area (Å²) < 4.78 is 8.45. The minimum Gasteiger partial charge on any atom is -0.497 e. The highest BCUT2D eigenvalue weighted by Gasteiger charge is 2.17. The fourth-order valence-corrected chi connectivity index (χ4v) is 4.51. The van der Waals surface area contributed by atoms with E-state index in [1.54, 1.807) is 34.7 Å². The van der Waals surface area contributed by atoms with E-state index in [9.17, 15) is 9.59 Å². The highest BCUT2D eigenvalue weighted by atomic mass is 32.2. The van der Waals surface area contributed by atoms with Gasteiger partial charge in [-0.05, 0) is 55.3 Å². The number of fused-ring (bicyclic) bond motifs is 2. The van der Waals surface area contributed by atoms with Gasteiger partial charge in [0.2, 0.25) is 5.65 Å². The third-order valence-electron chi connectivity index (χ3n) is 5.73. The number of thioether (sulfide) groups is 1. The number of benzene rings is 2. The molecule has 3 heterocycles. The van der Waals surface area contributed by atoms with Gasteiger partial charge in [0.25, 0.3) is 0 Å². The number of nitrogens with one attached hydrogen (secondary N) is 1. The van der Waals surface area contributed by atoms with Crippen LogP contribution in [0, 0.1) is 13.8 Å². The molecule has 0 amide bonds. The molecular formula is C24H21N5O3S. The van der Waals surface area contributed by atoms with Crippen molar-refractivity contribution in [3.63, 3.8) is 0 Å². The van der Waals surface area contributed by atoms with Gasteiger partial charge in [0.05, 0.1) is 12.9 Å². The summed E-state index contributed by atoms with van der Waals surface area (Å²) in [6.45, 7) is 4.04. The first-order valence-corrected chi connectivity index (χ1v) is 11.3. The van der Waals surface area contributed by atoms with Crippen LogP contribution in [0.4, 0.5) is 0 Å². The van der Waals surface area contributed by atoms with Crippen molar-refractivity contribution in [1.29, 1.82) is 0 Å². The number of aryl methyl sites for hydroxylation is 2. The summed E-state index contributed by atoms with van der Waals surface area (Å²) in [6.07, 6.45) is 5.15. The molecule has 8 nitrogen and oxygen atoms in total. The van der Waals surface area contributed by atoms with Crippen LogP contribution in [0.3, 0.4) is 0 Å². The third-order valence-corrected chi connectivity index (χ3v) is 6.67. The zero-order valence-corrected chi connectivity index (χ0v) is 19.1. The second kappa shape index (κ2) is 8.25. The molecule has 33 heavy (non-hydrogen) atoms. The first-order chi connectivity index (χ1) is 16.0. The lowest BCUT2D eigenvalue weighted by Crippen LogP contribution is -2.20. The van der Waals surface area contributed by atoms with Gasteiger partial charge in [-0.2, -0.15) is 0 Å². The van der Waals surface area contributed by atoms with E-state index in [4.69, 9.17) is 4.74 Å². The van der Waals surface area contributed by atoms with E-state index in [-0.39, 0.29) is 22.7 Å². The number of rotatable bonds is 6. The van der Waals surface area contributed by atoms with Gasteiger partial charge in [-0.15, -0.1) is 10.2 Å². The SMILES string of the molecule is COc1ccc2[nH]cc(C(=O)CSc3nnc4c(=O)n(-c5ccc(C)c(C)c5)ccn34)c2c1. The number of H-pyrrole nitrogens is 1. The number of ketones is 1. The standard InChI is InChI=1S/C24H21N5O3S/c1-14-4-5-16(10-15(14)2)28-8-9-29-22(23(28)31)26-27-24(29)33-13-21(30)19-12-25-20-7-6-17(32-3)11-18(19)20/h4-12,25H,13H2,1-3H3. The lowest BCUT2D eigenvalue weighted by molar-refractivity contribution is 0.102. The highest BCUT2D eigenvalue weighted by molar-refractivity contribution is 7.99. The molecule has 0 bridgehead atoms. The maximum Gasteiger partial charge on any atom is 0.300 e. The van der Waals surface area contributed by atoms with Crippen LogP contribution >= 0.6 is 11.8 Å². The predicted molar refractivity (Wildman–Crippen MR) is 128 cm³/mol. The molecule has 0 aliphatic carbocycles. The molecule has 2 aromatic carbocycles. The summed E-state index contributed by atoms with van der Waals surface area (Å²) in [6, 6.07) is 11.4. The number of nitrogens with zero attached hydrogens (tertiary/aromatic N) is 4. The van der Waals surface area contributed by atoms with Crippen LogP contribution < -0.4 is 10.3 Å². The third kappa shape index (κ3) is 3.70. The molecule has 5 rings (SSSR count). The zero-order valence-electron chi connectivity index (χ0n) is 18.3. The maximum atomic E-state index is 13.0. The topological polar surface area (TPSA) is 94.3 Å². The Balaban J connectivity index is 1.41. The molecule has 0 aliphatic rings.